The van der Waals surface area contributed by atoms with E-state index in [-0.39, 0.29) is 0 Å². The zero-order valence-electron chi connectivity index (χ0n) is 9.11. The molecule has 0 radical (unpaired) electrons. The van der Waals surface area contributed by atoms with E-state index in [1.165, 1.54) is 14.1 Å². The van der Waals surface area contributed by atoms with Crippen LogP contribution in [0.4, 0.5) is 5.69 Å². The number of anilines is 1. The van der Waals surface area contributed by atoms with Crippen LogP contribution in [0.25, 0.3) is 0 Å². The molecule has 1 aromatic heterocycles. The summed E-state index contributed by atoms with van der Waals surface area (Å²) in [6.07, 6.45) is 1.10. The minimum absolute atomic E-state index is 0.431. The summed E-state index contributed by atoms with van der Waals surface area (Å²) >= 11 is 4.14. The highest BCUT2D eigenvalue weighted by Gasteiger charge is 2.09. The molecule has 1 N–H and O–H groups in total. The molecule has 0 fully saturated rings. The van der Waals surface area contributed by atoms with E-state index in [1.54, 1.807) is 0 Å². The van der Waals surface area contributed by atoms with Gasteiger partial charge in [-0.05, 0) is 64.7 Å². The first-order valence-corrected chi connectivity index (χ1v) is 7.31. The van der Waals surface area contributed by atoms with Gasteiger partial charge in [0.15, 0.2) is 0 Å². The van der Waals surface area contributed by atoms with E-state index in [9.17, 15) is 0 Å². The molecule has 0 amide bonds. The van der Waals surface area contributed by atoms with E-state index in [0.717, 1.165) is 6.42 Å². The van der Waals surface area contributed by atoms with Gasteiger partial charge in [0.2, 0.25) is 0 Å². The van der Waals surface area contributed by atoms with Gasteiger partial charge in [-0.3, -0.25) is 0 Å². The Bertz CT molecular complexity index is 422. The molecule has 1 unspecified atom stereocenters. The fraction of sp³-hybridized carbons (Fsp3) is 0.231. The normalized spacial score (nSPS) is 12.4. The second-order valence-corrected chi connectivity index (χ2v) is 5.85. The van der Waals surface area contributed by atoms with E-state index in [1.807, 2.05) is 11.3 Å². The van der Waals surface area contributed by atoms with Gasteiger partial charge >= 0.3 is 0 Å². The van der Waals surface area contributed by atoms with Crippen molar-refractivity contribution in [2.75, 3.05) is 5.32 Å². The molecule has 1 aromatic carbocycles. The van der Waals surface area contributed by atoms with Crippen LogP contribution in [0, 0.1) is 3.57 Å². The summed E-state index contributed by atoms with van der Waals surface area (Å²) in [6.45, 7) is 2.21. The lowest BCUT2D eigenvalue weighted by Crippen LogP contribution is -2.07. The highest BCUT2D eigenvalue weighted by atomic mass is 127. The average molecular weight is 343 g/mol. The highest BCUT2D eigenvalue weighted by molar-refractivity contribution is 14.1. The Labute approximate surface area is 114 Å². The van der Waals surface area contributed by atoms with E-state index in [2.05, 4.69) is 76.6 Å². The van der Waals surface area contributed by atoms with Crippen LogP contribution >= 0.6 is 33.9 Å². The first-order chi connectivity index (χ1) is 7.79. The Hall–Kier alpha value is -0.550. The molecule has 16 heavy (non-hydrogen) atoms. The summed E-state index contributed by atoms with van der Waals surface area (Å²) in [5, 5.41) is 5.70. The fourth-order valence-electron chi connectivity index (χ4n) is 1.61. The standard InChI is InChI=1S/C13H14INS/c1-2-12(13-4-3-9-16-13)15-11-7-5-10(14)6-8-11/h3-9,12,15H,2H2,1H3. The largest absolute Gasteiger partial charge is 0.377 e. The predicted octanol–water partition coefficient (Wildman–Crippen LogP) is 4.92. The zero-order chi connectivity index (χ0) is 11.4. The fourth-order valence-corrected chi connectivity index (χ4v) is 2.83. The minimum atomic E-state index is 0.431. The van der Waals surface area contributed by atoms with Gasteiger partial charge in [0.1, 0.15) is 0 Å². The molecule has 1 nitrogen and oxygen atoms in total. The number of halogens is 1. The van der Waals surface area contributed by atoms with Crippen LogP contribution in [-0.2, 0) is 0 Å². The van der Waals surface area contributed by atoms with Crippen molar-refractivity contribution in [3.63, 3.8) is 0 Å². The highest BCUT2D eigenvalue weighted by Crippen LogP contribution is 2.26. The number of nitrogens with one attached hydrogen (secondary N) is 1. The van der Waals surface area contributed by atoms with Gasteiger partial charge in [0, 0.05) is 14.1 Å². The molecule has 84 valence electrons. The van der Waals surface area contributed by atoms with Crippen molar-refractivity contribution >= 4 is 39.6 Å². The summed E-state index contributed by atoms with van der Waals surface area (Å²) in [6, 6.07) is 13.3. The number of rotatable bonds is 4. The molecule has 3 heteroatoms. The molecule has 0 bridgehead atoms. The third-order valence-electron chi connectivity index (χ3n) is 2.48. The lowest BCUT2D eigenvalue weighted by molar-refractivity contribution is 0.764. The molecular formula is C13H14INS. The van der Waals surface area contributed by atoms with Crippen LogP contribution in [0.2, 0.25) is 0 Å². The Morgan fingerprint density at radius 2 is 2.00 bits per heavy atom. The van der Waals surface area contributed by atoms with Gasteiger partial charge in [0.25, 0.3) is 0 Å². The summed E-state index contributed by atoms with van der Waals surface area (Å²) in [5.74, 6) is 0. The third kappa shape index (κ3) is 2.98. The molecule has 0 spiro atoms. The smallest absolute Gasteiger partial charge is 0.0603 e. The van der Waals surface area contributed by atoms with Crippen molar-refractivity contribution in [1.82, 2.24) is 0 Å². The van der Waals surface area contributed by atoms with E-state index < -0.39 is 0 Å². The quantitative estimate of drug-likeness (QED) is 0.778. The SMILES string of the molecule is CCC(Nc1ccc(I)cc1)c1cccs1. The van der Waals surface area contributed by atoms with Gasteiger partial charge in [-0.1, -0.05) is 13.0 Å². The Morgan fingerprint density at radius 3 is 2.56 bits per heavy atom. The molecule has 1 heterocycles. The van der Waals surface area contributed by atoms with Gasteiger partial charge < -0.3 is 5.32 Å². The topological polar surface area (TPSA) is 12.0 Å². The molecular weight excluding hydrogens is 329 g/mol. The number of thiophene rings is 1. The summed E-state index contributed by atoms with van der Waals surface area (Å²) in [4.78, 5) is 1.40. The Balaban J connectivity index is 2.10. The monoisotopic (exact) mass is 343 g/mol. The number of hydrogen-bond donors (Lipinski definition) is 1. The molecule has 0 aliphatic heterocycles. The van der Waals surface area contributed by atoms with Crippen LogP contribution < -0.4 is 5.32 Å². The molecule has 0 saturated heterocycles. The minimum Gasteiger partial charge on any atom is -0.377 e. The maximum atomic E-state index is 3.57. The van der Waals surface area contributed by atoms with E-state index in [4.69, 9.17) is 0 Å². The van der Waals surface area contributed by atoms with Gasteiger partial charge in [-0.25, -0.2) is 0 Å². The first-order valence-electron chi connectivity index (χ1n) is 5.35. The van der Waals surface area contributed by atoms with Crippen LogP contribution in [-0.4, -0.2) is 0 Å². The van der Waals surface area contributed by atoms with Crippen LogP contribution in [0.3, 0.4) is 0 Å². The lowest BCUT2D eigenvalue weighted by atomic mass is 10.1. The molecule has 1 atom stereocenters. The molecule has 2 rings (SSSR count). The van der Waals surface area contributed by atoms with Gasteiger partial charge in [-0.15, -0.1) is 11.3 Å². The van der Waals surface area contributed by atoms with Crippen LogP contribution in [0.5, 0.6) is 0 Å². The Kier molecular flexibility index (Phi) is 4.23. The molecule has 0 saturated carbocycles. The summed E-state index contributed by atoms with van der Waals surface area (Å²) < 4.78 is 1.27. The molecule has 0 aliphatic rings. The molecule has 0 aliphatic carbocycles. The van der Waals surface area contributed by atoms with Crippen molar-refractivity contribution in [3.05, 3.63) is 50.2 Å². The summed E-state index contributed by atoms with van der Waals surface area (Å²) in [7, 11) is 0. The summed E-state index contributed by atoms with van der Waals surface area (Å²) in [5.41, 5.74) is 1.20. The maximum Gasteiger partial charge on any atom is 0.0603 e. The lowest BCUT2D eigenvalue weighted by Gasteiger charge is -2.16. The maximum absolute atomic E-state index is 3.57. The third-order valence-corrected chi connectivity index (χ3v) is 4.19. The van der Waals surface area contributed by atoms with E-state index in [0.29, 0.717) is 6.04 Å². The predicted molar refractivity (Wildman–Crippen MR) is 80.1 cm³/mol. The second-order valence-electron chi connectivity index (χ2n) is 3.63. The van der Waals surface area contributed by atoms with E-state index >= 15 is 0 Å². The van der Waals surface area contributed by atoms with Gasteiger partial charge in [-0.2, -0.15) is 0 Å². The van der Waals surface area contributed by atoms with Crippen LogP contribution in [0.1, 0.15) is 24.3 Å². The van der Waals surface area contributed by atoms with Gasteiger partial charge in [0.05, 0.1) is 6.04 Å². The van der Waals surface area contributed by atoms with Crippen molar-refractivity contribution in [2.24, 2.45) is 0 Å². The van der Waals surface area contributed by atoms with Crippen molar-refractivity contribution in [1.29, 1.82) is 0 Å². The first kappa shape index (κ1) is 11.9. The zero-order valence-corrected chi connectivity index (χ0v) is 12.1. The molecule has 2 aromatic rings. The average Bonchev–Trinajstić information content (AvgIpc) is 2.82. The number of hydrogen-bond acceptors (Lipinski definition) is 2. The second kappa shape index (κ2) is 5.68. The van der Waals surface area contributed by atoms with Crippen LogP contribution in [0.15, 0.2) is 41.8 Å². The Morgan fingerprint density at radius 1 is 1.25 bits per heavy atom. The van der Waals surface area contributed by atoms with Crippen molar-refractivity contribution in [3.8, 4) is 0 Å². The number of benzene rings is 1. The van der Waals surface area contributed by atoms with Crippen molar-refractivity contribution < 1.29 is 0 Å². The van der Waals surface area contributed by atoms with Crippen molar-refractivity contribution in [2.45, 2.75) is 19.4 Å².